The highest BCUT2D eigenvalue weighted by atomic mass is 19.4. The molecule has 48 heavy (non-hydrogen) atoms. The van der Waals surface area contributed by atoms with Gasteiger partial charge in [0.15, 0.2) is 0 Å². The van der Waals surface area contributed by atoms with Crippen LogP contribution in [0.4, 0.5) is 35.5 Å². The van der Waals surface area contributed by atoms with Gasteiger partial charge in [0.05, 0.1) is 29.8 Å². The van der Waals surface area contributed by atoms with Gasteiger partial charge in [-0.25, -0.2) is 19.0 Å². The number of halogens is 7. The van der Waals surface area contributed by atoms with Gasteiger partial charge in [-0.05, 0) is 84.7 Å². The lowest BCUT2D eigenvalue weighted by Crippen LogP contribution is -2.35. The van der Waals surface area contributed by atoms with Crippen LogP contribution in [0.25, 0.3) is 16.7 Å². The maximum absolute atomic E-state index is 15.0. The van der Waals surface area contributed by atoms with Crippen molar-refractivity contribution in [2.45, 2.75) is 64.5 Å². The van der Waals surface area contributed by atoms with Crippen molar-refractivity contribution < 1.29 is 54.9 Å². The number of carboxylic acid groups (broad SMARTS) is 1. The van der Waals surface area contributed by atoms with E-state index in [9.17, 15) is 41.0 Å². The van der Waals surface area contributed by atoms with Gasteiger partial charge < -0.3 is 14.6 Å². The molecular formula is C34H31F7N2O5. The maximum atomic E-state index is 15.0. The van der Waals surface area contributed by atoms with Crippen molar-refractivity contribution in [3.63, 3.8) is 0 Å². The molecular weight excluding hydrogens is 649 g/mol. The first-order valence-electron chi connectivity index (χ1n) is 14.8. The number of aromatic carboxylic acids is 1. The maximum Gasteiger partial charge on any atom is 0.416 e. The number of hydrogen-bond acceptors (Lipinski definition) is 5. The van der Waals surface area contributed by atoms with Crippen molar-refractivity contribution in [2.75, 3.05) is 13.7 Å². The van der Waals surface area contributed by atoms with Crippen molar-refractivity contribution in [3.05, 3.63) is 87.9 Å². The van der Waals surface area contributed by atoms with E-state index in [0.29, 0.717) is 42.5 Å². The summed E-state index contributed by atoms with van der Waals surface area (Å²) in [5.74, 6) is -1.87. The molecule has 3 aromatic rings. The standard InChI is InChI=1S/C34H31F7N2O5/c1-17-28(19-9-22(33(36,37)38)13-23(10-19)34(39,40)41)48-31(46)43(17)16-21-14-32(2,3)8-7-24(21)26-11-20(15-42-29(26)47-4)25-6-5-18(30(44)45)12-27(25)35/h5-6,9-13,15,17,28H,7-8,14,16H2,1-4H3,(H,44,45)/t17-,28-/m0/s1. The number of benzene rings is 2. The van der Waals surface area contributed by atoms with Crippen LogP contribution in [0, 0.1) is 11.2 Å². The predicted molar refractivity (Wildman–Crippen MR) is 160 cm³/mol. The molecule has 256 valence electrons. The van der Waals surface area contributed by atoms with Gasteiger partial charge in [-0.3, -0.25) is 4.90 Å². The largest absolute Gasteiger partial charge is 0.481 e. The Kier molecular flexibility index (Phi) is 8.99. The van der Waals surface area contributed by atoms with Gasteiger partial charge in [0.1, 0.15) is 11.9 Å². The number of cyclic esters (lactones) is 1. The Balaban J connectivity index is 1.55. The summed E-state index contributed by atoms with van der Waals surface area (Å²) in [5.41, 5.74) is -1.57. The number of carbonyl (C=O) groups is 2. The summed E-state index contributed by atoms with van der Waals surface area (Å²) in [6, 6.07) is 5.32. The predicted octanol–water partition coefficient (Wildman–Crippen LogP) is 9.18. The molecule has 2 aromatic carbocycles. The molecule has 0 saturated carbocycles. The summed E-state index contributed by atoms with van der Waals surface area (Å²) >= 11 is 0. The van der Waals surface area contributed by atoms with Gasteiger partial charge in [0.25, 0.3) is 0 Å². The molecule has 1 fully saturated rings. The molecule has 2 atom stereocenters. The minimum Gasteiger partial charge on any atom is -0.481 e. The summed E-state index contributed by atoms with van der Waals surface area (Å²) < 4.78 is 107. The van der Waals surface area contributed by atoms with Gasteiger partial charge in [-0.2, -0.15) is 26.3 Å². The van der Waals surface area contributed by atoms with E-state index in [0.717, 1.165) is 17.2 Å². The second-order valence-corrected chi connectivity index (χ2v) is 12.7. The zero-order valence-corrected chi connectivity index (χ0v) is 26.2. The third kappa shape index (κ3) is 6.97. The highest BCUT2D eigenvalue weighted by Gasteiger charge is 2.44. The number of rotatable bonds is 7. The van der Waals surface area contributed by atoms with Crippen molar-refractivity contribution in [3.8, 4) is 17.0 Å². The molecule has 1 aliphatic heterocycles. The lowest BCUT2D eigenvalue weighted by molar-refractivity contribution is -0.143. The number of alkyl halides is 6. The Morgan fingerprint density at radius 3 is 2.25 bits per heavy atom. The van der Waals surface area contributed by atoms with Crippen molar-refractivity contribution in [2.24, 2.45) is 5.41 Å². The lowest BCUT2D eigenvalue weighted by Gasteiger charge is -2.35. The van der Waals surface area contributed by atoms with Gasteiger partial charge >= 0.3 is 24.4 Å². The molecule has 1 aromatic heterocycles. The molecule has 0 radical (unpaired) electrons. The van der Waals surface area contributed by atoms with Crippen LogP contribution in [0.15, 0.2) is 54.2 Å². The van der Waals surface area contributed by atoms with Crippen molar-refractivity contribution >= 4 is 17.6 Å². The Morgan fingerprint density at radius 1 is 1.04 bits per heavy atom. The Labute approximate surface area is 271 Å². The van der Waals surface area contributed by atoms with Gasteiger partial charge in [0, 0.05) is 29.4 Å². The molecule has 0 bridgehead atoms. The smallest absolute Gasteiger partial charge is 0.416 e. The van der Waals surface area contributed by atoms with Crippen LogP contribution in [0.1, 0.15) is 78.7 Å². The van der Waals surface area contributed by atoms with E-state index in [1.807, 2.05) is 13.8 Å². The summed E-state index contributed by atoms with van der Waals surface area (Å²) in [7, 11) is 1.40. The molecule has 14 heteroatoms. The van der Waals surface area contributed by atoms with Gasteiger partial charge in [-0.15, -0.1) is 0 Å². The normalized spacial score (nSPS) is 19.8. The van der Waals surface area contributed by atoms with Crippen LogP contribution < -0.4 is 4.74 Å². The molecule has 2 heterocycles. The fourth-order valence-corrected chi connectivity index (χ4v) is 6.26. The second-order valence-electron chi connectivity index (χ2n) is 12.7. The van der Waals surface area contributed by atoms with E-state index >= 15 is 4.39 Å². The van der Waals surface area contributed by atoms with Crippen LogP contribution in [0.2, 0.25) is 0 Å². The fraction of sp³-hybridized carbons (Fsp3) is 0.382. The van der Waals surface area contributed by atoms with Crippen LogP contribution in [-0.2, 0) is 17.1 Å². The van der Waals surface area contributed by atoms with Gasteiger partial charge in [0.2, 0.25) is 5.88 Å². The topological polar surface area (TPSA) is 89.0 Å². The highest BCUT2D eigenvalue weighted by molar-refractivity contribution is 5.88. The average molecular weight is 681 g/mol. The Bertz CT molecular complexity index is 1770. The van der Waals surface area contributed by atoms with Crippen LogP contribution >= 0.6 is 0 Å². The number of ether oxygens (including phenoxy) is 2. The first-order chi connectivity index (χ1) is 22.3. The van der Waals surface area contributed by atoms with E-state index in [-0.39, 0.29) is 35.0 Å². The molecule has 0 unspecified atom stereocenters. The van der Waals surface area contributed by atoms with Gasteiger partial charge in [-0.1, -0.05) is 19.9 Å². The van der Waals surface area contributed by atoms with Crippen LogP contribution in [-0.4, -0.2) is 46.7 Å². The second kappa shape index (κ2) is 12.4. The summed E-state index contributed by atoms with van der Waals surface area (Å²) in [6.45, 7) is 5.47. The first kappa shape index (κ1) is 34.7. The zero-order chi connectivity index (χ0) is 35.3. The lowest BCUT2D eigenvalue weighted by atomic mass is 9.72. The molecule has 1 aliphatic carbocycles. The third-order valence-electron chi connectivity index (χ3n) is 8.76. The number of amides is 1. The SMILES string of the molecule is COc1ncc(-c2ccc(C(=O)O)cc2F)cc1C1=C(CN2C(=O)O[C@H](c3cc(C(F)(F)F)cc(C(F)(F)F)c3)[C@@H]2C)CC(C)(C)CC1. The van der Waals surface area contributed by atoms with Crippen LogP contribution in [0.3, 0.4) is 0 Å². The molecule has 1 saturated heterocycles. The number of nitrogens with zero attached hydrogens (tertiary/aromatic N) is 2. The number of hydrogen-bond donors (Lipinski definition) is 1. The summed E-state index contributed by atoms with van der Waals surface area (Å²) in [6.07, 6.45) is -9.45. The summed E-state index contributed by atoms with van der Waals surface area (Å²) in [5, 5.41) is 9.22. The minimum atomic E-state index is -5.07. The first-order valence-corrected chi connectivity index (χ1v) is 14.8. The van der Waals surface area contributed by atoms with E-state index in [2.05, 4.69) is 4.98 Å². The summed E-state index contributed by atoms with van der Waals surface area (Å²) in [4.78, 5) is 30.1. The number of aromatic nitrogens is 1. The third-order valence-corrected chi connectivity index (χ3v) is 8.76. The Hall–Kier alpha value is -4.62. The minimum absolute atomic E-state index is 0.0197. The number of carboxylic acids is 1. The van der Waals surface area contributed by atoms with Crippen molar-refractivity contribution in [1.82, 2.24) is 9.88 Å². The molecule has 1 N–H and O–H groups in total. The fourth-order valence-electron chi connectivity index (χ4n) is 6.26. The molecule has 2 aliphatic rings. The number of carbonyl (C=O) groups excluding carboxylic acids is 1. The molecule has 5 rings (SSSR count). The molecule has 0 spiro atoms. The highest BCUT2D eigenvalue weighted by Crippen LogP contribution is 2.47. The van der Waals surface area contributed by atoms with E-state index in [4.69, 9.17) is 9.47 Å². The van der Waals surface area contributed by atoms with Crippen LogP contribution in [0.5, 0.6) is 5.88 Å². The molecule has 1 amide bonds. The monoisotopic (exact) mass is 680 g/mol. The number of allylic oxidation sites excluding steroid dienone is 1. The molecule has 7 nitrogen and oxygen atoms in total. The van der Waals surface area contributed by atoms with E-state index in [1.165, 1.54) is 37.3 Å². The zero-order valence-electron chi connectivity index (χ0n) is 26.2. The quantitative estimate of drug-likeness (QED) is 0.251. The number of pyridine rings is 1. The van der Waals surface area contributed by atoms with E-state index in [1.54, 1.807) is 6.07 Å². The number of methoxy groups -OCH3 is 1. The Morgan fingerprint density at radius 2 is 1.69 bits per heavy atom. The average Bonchev–Trinajstić information content (AvgIpc) is 3.27. The van der Waals surface area contributed by atoms with E-state index < -0.39 is 59.1 Å². The van der Waals surface area contributed by atoms with Crippen molar-refractivity contribution in [1.29, 1.82) is 0 Å².